The van der Waals surface area contributed by atoms with Gasteiger partial charge in [0.1, 0.15) is 49.6 Å². The minimum atomic E-state index is -3.63. The smallest absolute Gasteiger partial charge is 0.414 e. The molecule has 8 rings (SSSR count). The zero-order valence-corrected chi connectivity index (χ0v) is 38.2. The maximum absolute atomic E-state index is 12.6. The first-order chi connectivity index (χ1) is 33.2. The van der Waals surface area contributed by atoms with Gasteiger partial charge in [-0.05, 0) is 66.2 Å². The quantitative estimate of drug-likeness (QED) is 0.0350. The van der Waals surface area contributed by atoms with E-state index in [1.807, 2.05) is 30.3 Å². The molecule has 2 atom stereocenters. The van der Waals surface area contributed by atoms with E-state index in [1.165, 1.54) is 42.1 Å². The number of amidine groups is 2. The normalized spacial score (nSPS) is 17.3. The molecule has 0 radical (unpaired) electrons. The van der Waals surface area contributed by atoms with Crippen molar-refractivity contribution in [2.45, 2.75) is 25.2 Å². The van der Waals surface area contributed by atoms with Crippen LogP contribution in [0.5, 0.6) is 0 Å². The molecule has 3 aromatic carbocycles. The topological polar surface area (TPSA) is 267 Å². The standard InChI is InChI=1S/C30H33N5O6.C17H17N3O7S/c31-28(32-29(37)24-11-17-39-21-24)23-6-8-25(9-7-23)35-19-26(41-30(35)38)18-34-15-13-33(14-16-34)12-10-27(36)40-20-22-4-2-1-3-5-22;1-28(23,24)26-10-14-8-20(17(22)27-14)13-4-2-11(3-5-13)15(18)19-16(21)12-6-7-25-9-12/h1-9,11,17,21,26H,10,12-16,18-20H2,(H2,31,32,37);2-7,9,14H,8,10H2,1H3,(H2,18,19,21). The summed E-state index contributed by atoms with van der Waals surface area (Å²) < 4.78 is 52.6. The van der Waals surface area contributed by atoms with Gasteiger partial charge in [-0.3, -0.25) is 44.1 Å². The van der Waals surface area contributed by atoms with Crippen molar-refractivity contribution in [2.75, 3.05) is 75.0 Å². The number of furan rings is 2. The van der Waals surface area contributed by atoms with Gasteiger partial charge < -0.3 is 38.6 Å². The fourth-order valence-corrected chi connectivity index (χ4v) is 7.71. The van der Waals surface area contributed by atoms with Gasteiger partial charge in [0.05, 0.1) is 49.4 Å². The lowest BCUT2D eigenvalue weighted by molar-refractivity contribution is -0.145. The third-order valence-electron chi connectivity index (χ3n) is 11.0. The molecule has 0 saturated carbocycles. The molecule has 3 saturated heterocycles. The molecule has 3 aliphatic heterocycles. The van der Waals surface area contributed by atoms with Crippen molar-refractivity contribution in [2.24, 2.45) is 0 Å². The Hall–Kier alpha value is -7.66. The Kier molecular flexibility index (Phi) is 16.3. The Bertz CT molecular complexity index is 2690. The first-order valence-electron chi connectivity index (χ1n) is 21.7. The lowest BCUT2D eigenvalue weighted by atomic mass is 10.1. The highest BCUT2D eigenvalue weighted by molar-refractivity contribution is 7.86. The minimum absolute atomic E-state index is 0.0483. The van der Waals surface area contributed by atoms with Crippen molar-refractivity contribution in [3.63, 3.8) is 0 Å². The summed E-state index contributed by atoms with van der Waals surface area (Å²) in [4.78, 5) is 68.2. The zero-order chi connectivity index (χ0) is 48.9. The molecule has 2 aromatic heterocycles. The summed E-state index contributed by atoms with van der Waals surface area (Å²) in [7, 11) is -3.63. The Morgan fingerprint density at radius 2 is 1.16 bits per heavy atom. The van der Waals surface area contributed by atoms with Crippen LogP contribution >= 0.6 is 0 Å². The van der Waals surface area contributed by atoms with Crippen LogP contribution < -0.4 is 20.4 Å². The highest BCUT2D eigenvalue weighted by atomic mass is 32.2. The Morgan fingerprint density at radius 1 is 0.667 bits per heavy atom. The molecule has 5 aromatic rings. The number of rotatable bonds is 16. The van der Waals surface area contributed by atoms with Gasteiger partial charge in [0, 0.05) is 61.8 Å². The van der Waals surface area contributed by atoms with E-state index < -0.39 is 40.2 Å². The van der Waals surface area contributed by atoms with Crippen LogP contribution in [0.1, 0.15) is 43.8 Å². The minimum Gasteiger partial charge on any atom is -0.472 e. The van der Waals surface area contributed by atoms with Gasteiger partial charge in [-0.15, -0.1) is 0 Å². The molecule has 0 aliphatic carbocycles. The molecular weight excluding hydrogens is 917 g/mol. The maximum Gasteiger partial charge on any atom is 0.414 e. The first-order valence-corrected chi connectivity index (χ1v) is 23.5. The van der Waals surface area contributed by atoms with E-state index in [0.29, 0.717) is 66.3 Å². The fourth-order valence-electron chi connectivity index (χ4n) is 7.31. The summed E-state index contributed by atoms with van der Waals surface area (Å²) in [6, 6.07) is 25.8. The van der Waals surface area contributed by atoms with E-state index in [2.05, 4.69) is 24.6 Å². The van der Waals surface area contributed by atoms with E-state index in [-0.39, 0.29) is 36.9 Å². The number of piperazine rings is 1. The largest absolute Gasteiger partial charge is 0.472 e. The van der Waals surface area contributed by atoms with Crippen LogP contribution in [0.2, 0.25) is 0 Å². The Morgan fingerprint density at radius 3 is 1.65 bits per heavy atom. The molecule has 3 fully saturated rings. The molecule has 3 aliphatic rings. The number of carbonyl (C=O) groups excluding carboxylic acids is 5. The average molecular weight is 967 g/mol. The molecule has 21 nitrogen and oxygen atoms in total. The number of cyclic esters (lactones) is 2. The number of carbonyl (C=O) groups is 5. The highest BCUT2D eigenvalue weighted by Crippen LogP contribution is 2.25. The maximum atomic E-state index is 12.6. The van der Waals surface area contributed by atoms with Crippen LogP contribution in [0.3, 0.4) is 0 Å². The lowest BCUT2D eigenvalue weighted by Crippen LogP contribution is -2.49. The van der Waals surface area contributed by atoms with Crippen LogP contribution in [0.15, 0.2) is 125 Å². The number of ether oxygens (including phenoxy) is 3. The summed E-state index contributed by atoms with van der Waals surface area (Å²) >= 11 is 0. The highest BCUT2D eigenvalue weighted by Gasteiger charge is 2.35. The lowest BCUT2D eigenvalue weighted by Gasteiger charge is -2.35. The van der Waals surface area contributed by atoms with Crippen LogP contribution in [0.25, 0.3) is 0 Å². The number of hydrogen-bond acceptors (Lipinski definition) is 17. The third-order valence-corrected chi connectivity index (χ3v) is 11.6. The van der Waals surface area contributed by atoms with Gasteiger partial charge in [0.25, 0.3) is 21.9 Å². The van der Waals surface area contributed by atoms with Crippen LogP contribution in [0, 0.1) is 10.8 Å². The van der Waals surface area contributed by atoms with E-state index in [1.54, 1.807) is 53.4 Å². The van der Waals surface area contributed by atoms with Crippen molar-refractivity contribution in [3.05, 3.63) is 144 Å². The Labute approximate surface area is 397 Å². The SMILES string of the molecule is CS(=O)(=O)OCC1CN(c2ccc(C(=N)NC(=O)c3ccoc3)cc2)C(=O)O1.N=C(NC(=O)c1ccoc1)c1ccc(N2CC(CN3CCN(CCC(=O)OCc4ccccc4)CC3)OC2=O)cc1. The molecule has 4 amide bonds. The van der Waals surface area contributed by atoms with E-state index in [9.17, 15) is 32.4 Å². The van der Waals surface area contributed by atoms with Crippen molar-refractivity contribution in [1.29, 1.82) is 10.8 Å². The summed E-state index contributed by atoms with van der Waals surface area (Å²) in [5.74, 6) is -1.26. The molecule has 362 valence electrons. The molecule has 4 N–H and O–H groups in total. The number of nitrogens with one attached hydrogen (secondary N) is 4. The van der Waals surface area contributed by atoms with Crippen LogP contribution in [-0.4, -0.2) is 137 Å². The zero-order valence-electron chi connectivity index (χ0n) is 37.4. The molecule has 22 heteroatoms. The second kappa shape index (κ2) is 22.9. The van der Waals surface area contributed by atoms with Gasteiger partial charge in [-0.1, -0.05) is 30.3 Å². The summed E-state index contributed by atoms with van der Waals surface area (Å²) in [6.07, 6.45) is 4.61. The predicted octanol–water partition coefficient (Wildman–Crippen LogP) is 4.45. The molecular formula is C47H50N8O13S. The van der Waals surface area contributed by atoms with Crippen molar-refractivity contribution in [1.82, 2.24) is 20.4 Å². The molecule has 0 bridgehead atoms. The monoisotopic (exact) mass is 966 g/mol. The van der Waals surface area contributed by atoms with Crippen molar-refractivity contribution >= 4 is 63.1 Å². The summed E-state index contributed by atoms with van der Waals surface area (Å²) in [5, 5.41) is 21.1. The van der Waals surface area contributed by atoms with Crippen molar-refractivity contribution in [3.8, 4) is 0 Å². The predicted molar refractivity (Wildman–Crippen MR) is 249 cm³/mol. The number of benzene rings is 3. The van der Waals surface area contributed by atoms with Gasteiger partial charge in [-0.25, -0.2) is 9.59 Å². The van der Waals surface area contributed by atoms with Gasteiger partial charge in [0.2, 0.25) is 0 Å². The number of nitrogens with zero attached hydrogens (tertiary/aromatic N) is 4. The fraction of sp³-hybridized carbons (Fsp3) is 0.298. The van der Waals surface area contributed by atoms with Crippen molar-refractivity contribution < 1.29 is 59.6 Å². The second-order valence-electron chi connectivity index (χ2n) is 16.0. The van der Waals surface area contributed by atoms with E-state index >= 15 is 0 Å². The molecule has 2 unspecified atom stereocenters. The first kappa shape index (κ1) is 49.3. The number of anilines is 2. The molecule has 5 heterocycles. The number of esters is 1. The second-order valence-corrected chi connectivity index (χ2v) is 17.7. The van der Waals surface area contributed by atoms with Gasteiger partial charge >= 0.3 is 18.2 Å². The van der Waals surface area contributed by atoms with E-state index in [4.69, 9.17) is 33.9 Å². The summed E-state index contributed by atoms with van der Waals surface area (Å²) in [6.45, 7) is 5.22. The summed E-state index contributed by atoms with van der Waals surface area (Å²) in [5.41, 5.74) is 3.72. The Balaban J connectivity index is 0.000000219. The van der Waals surface area contributed by atoms with Crippen LogP contribution in [-0.2, 0) is 39.9 Å². The molecule has 69 heavy (non-hydrogen) atoms. The average Bonchev–Trinajstić information content (AvgIpc) is 4.20. The molecule has 0 spiro atoms. The van der Waals surface area contributed by atoms with E-state index in [0.717, 1.165) is 38.0 Å². The van der Waals surface area contributed by atoms with Gasteiger partial charge in [-0.2, -0.15) is 8.42 Å². The number of amides is 4. The number of hydrogen-bond donors (Lipinski definition) is 4. The van der Waals surface area contributed by atoms with Crippen LogP contribution in [0.4, 0.5) is 21.0 Å². The van der Waals surface area contributed by atoms with Gasteiger partial charge in [0.15, 0.2) is 0 Å². The third kappa shape index (κ3) is 14.2.